The average molecular weight is 987 g/mol. The van der Waals surface area contributed by atoms with Crippen LogP contribution in [-0.4, -0.2) is 32.5 Å². The van der Waals surface area contributed by atoms with Crippen molar-refractivity contribution < 1.29 is 13.0 Å². The van der Waals surface area contributed by atoms with E-state index in [1.807, 2.05) is 60.7 Å². The van der Waals surface area contributed by atoms with Crippen molar-refractivity contribution >= 4 is 70.1 Å². The SMILES string of the molecule is CC1C=CC=C2C=CC(c3c4cc(-c5nc6ccccc6[nH]5)ccc4c(-c4ccc5ccccc5c4)c4cc(-c5ccc(-c6nc7ccccc7n6-c6ccc(-c7cccc(S(=O)(=O)O)c7)cc6)cc5)ccc34)=CC21. The monoisotopic (exact) mass is 986 g/mol. The number of H-pyrrole nitrogens is 1. The molecular weight excluding hydrogens is 941 g/mol. The molecule has 0 aliphatic heterocycles. The highest BCUT2D eigenvalue weighted by atomic mass is 32.2. The normalized spacial score (nSPS) is 15.5. The Hall–Kier alpha value is -9.21. The molecule has 2 unspecified atom stereocenters. The minimum Gasteiger partial charge on any atom is -0.338 e. The molecule has 75 heavy (non-hydrogen) atoms. The molecule has 2 N–H and O–H groups in total. The van der Waals surface area contributed by atoms with E-state index in [9.17, 15) is 13.0 Å². The Morgan fingerprint density at radius 1 is 0.533 bits per heavy atom. The molecule has 0 radical (unpaired) electrons. The van der Waals surface area contributed by atoms with Gasteiger partial charge in [0, 0.05) is 22.7 Å². The van der Waals surface area contributed by atoms with Gasteiger partial charge in [-0.05, 0) is 155 Å². The van der Waals surface area contributed by atoms with Crippen molar-refractivity contribution in [2.45, 2.75) is 11.8 Å². The number of nitrogens with zero attached hydrogens (tertiary/aromatic N) is 3. The summed E-state index contributed by atoms with van der Waals surface area (Å²) in [6.45, 7) is 2.31. The fraction of sp³-hybridized carbons (Fsp3) is 0.0448. The topological polar surface area (TPSA) is 101 Å². The van der Waals surface area contributed by atoms with Crippen LogP contribution in [0, 0.1) is 11.8 Å². The van der Waals surface area contributed by atoms with Gasteiger partial charge in [-0.1, -0.05) is 177 Å². The lowest BCUT2D eigenvalue weighted by molar-refractivity contribution is 0.483. The highest BCUT2D eigenvalue weighted by Gasteiger charge is 2.26. The fourth-order valence-corrected chi connectivity index (χ4v) is 12.0. The maximum Gasteiger partial charge on any atom is 0.294 e. The molecule has 2 atom stereocenters. The average Bonchev–Trinajstić information content (AvgIpc) is 4.10. The molecule has 12 aromatic rings. The van der Waals surface area contributed by atoms with E-state index >= 15 is 0 Å². The van der Waals surface area contributed by atoms with Gasteiger partial charge in [0.1, 0.15) is 11.6 Å². The molecule has 8 heteroatoms. The lowest BCUT2D eigenvalue weighted by Gasteiger charge is -2.28. The van der Waals surface area contributed by atoms with Crippen molar-refractivity contribution in [3.8, 4) is 61.8 Å². The third-order valence-corrected chi connectivity index (χ3v) is 16.1. The number of nitrogens with one attached hydrogen (secondary N) is 1. The highest BCUT2D eigenvalue weighted by Crippen LogP contribution is 2.47. The molecule has 0 amide bonds. The molecule has 0 spiro atoms. The molecule has 2 aliphatic rings. The van der Waals surface area contributed by atoms with Gasteiger partial charge in [0.25, 0.3) is 10.1 Å². The summed E-state index contributed by atoms with van der Waals surface area (Å²) in [7, 11) is -4.34. The zero-order chi connectivity index (χ0) is 50.4. The summed E-state index contributed by atoms with van der Waals surface area (Å²) in [6.07, 6.45) is 13.9. The smallest absolute Gasteiger partial charge is 0.294 e. The Morgan fingerprint density at radius 3 is 2.00 bits per heavy atom. The van der Waals surface area contributed by atoms with Crippen LogP contribution in [0.15, 0.2) is 247 Å². The van der Waals surface area contributed by atoms with Gasteiger partial charge >= 0.3 is 0 Å². The van der Waals surface area contributed by atoms with Gasteiger partial charge in [-0.2, -0.15) is 8.42 Å². The molecule has 2 aromatic heterocycles. The van der Waals surface area contributed by atoms with Crippen molar-refractivity contribution in [2.24, 2.45) is 11.8 Å². The number of aromatic amines is 1. The van der Waals surface area contributed by atoms with Gasteiger partial charge in [0.05, 0.1) is 27.0 Å². The van der Waals surface area contributed by atoms with E-state index in [0.717, 1.165) is 72.8 Å². The molecule has 0 fully saturated rings. The van der Waals surface area contributed by atoms with Gasteiger partial charge in [0.15, 0.2) is 0 Å². The summed E-state index contributed by atoms with van der Waals surface area (Å²) in [5.41, 5.74) is 16.5. The number of rotatable bonds is 8. The number of imidazole rings is 2. The first-order valence-corrected chi connectivity index (χ1v) is 26.7. The number of hydrogen-bond acceptors (Lipinski definition) is 4. The maximum atomic E-state index is 11.9. The number of aromatic nitrogens is 4. The second kappa shape index (κ2) is 17.5. The Labute approximate surface area is 433 Å². The number of fused-ring (bicyclic) bond motifs is 6. The van der Waals surface area contributed by atoms with Crippen molar-refractivity contribution in [1.29, 1.82) is 0 Å². The number of hydrogen-bond donors (Lipinski definition) is 2. The summed E-state index contributed by atoms with van der Waals surface area (Å²) < 4.78 is 35.8. The van der Waals surface area contributed by atoms with E-state index in [-0.39, 0.29) is 10.8 Å². The van der Waals surface area contributed by atoms with E-state index in [1.54, 1.807) is 6.07 Å². The first kappa shape index (κ1) is 44.5. The van der Waals surface area contributed by atoms with Crippen LogP contribution < -0.4 is 0 Å². The summed E-state index contributed by atoms with van der Waals surface area (Å²) in [5.74, 6) is 2.27. The van der Waals surface area contributed by atoms with E-state index < -0.39 is 10.1 Å². The van der Waals surface area contributed by atoms with Crippen molar-refractivity contribution in [1.82, 2.24) is 19.5 Å². The predicted octanol–water partition coefficient (Wildman–Crippen LogP) is 16.6. The number of benzene rings is 10. The second-order valence-electron chi connectivity index (χ2n) is 19.7. The summed E-state index contributed by atoms with van der Waals surface area (Å²) >= 11 is 0. The van der Waals surface area contributed by atoms with E-state index in [2.05, 4.69) is 174 Å². The van der Waals surface area contributed by atoms with Crippen LogP contribution in [0.5, 0.6) is 0 Å². The van der Waals surface area contributed by atoms with Gasteiger partial charge in [0.2, 0.25) is 0 Å². The van der Waals surface area contributed by atoms with Crippen LogP contribution in [0.1, 0.15) is 12.5 Å². The largest absolute Gasteiger partial charge is 0.338 e. The molecule has 10 aromatic carbocycles. The number of para-hydroxylation sites is 4. The molecule has 0 saturated heterocycles. The lowest BCUT2D eigenvalue weighted by atomic mass is 9.76. The van der Waals surface area contributed by atoms with Crippen LogP contribution >= 0.6 is 0 Å². The Bertz CT molecular complexity index is 4540. The zero-order valence-corrected chi connectivity index (χ0v) is 41.5. The molecule has 0 bridgehead atoms. The summed E-state index contributed by atoms with van der Waals surface area (Å²) in [5, 5.41) is 7.09. The molecule has 14 rings (SSSR count). The summed E-state index contributed by atoms with van der Waals surface area (Å²) in [6, 6.07) is 68.6. The zero-order valence-electron chi connectivity index (χ0n) is 40.7. The minimum atomic E-state index is -4.34. The molecule has 0 saturated carbocycles. The van der Waals surface area contributed by atoms with Crippen molar-refractivity contribution in [2.75, 3.05) is 0 Å². The highest BCUT2D eigenvalue weighted by molar-refractivity contribution is 7.85. The van der Waals surface area contributed by atoms with E-state index in [0.29, 0.717) is 11.5 Å². The standard InChI is InChI=1S/C67H46N4O3S/c1-41-10-8-13-45-23-27-51(39-57(41)45)65-55-34-30-49(38-58(55)64(50-26-22-42-11-2-3-12-47(42)36-50)56-35-31-52(40-59(56)65)66-68-60-16-4-5-17-61(60)69-66)43-20-24-46(25-21-43)67-70-62-18-6-7-19-63(62)71(67)53-32-28-44(29-33-53)48-14-9-15-54(37-48)75(72,73)74/h2-41,57H,1H3,(H,68,69)(H,72,73,74). The lowest BCUT2D eigenvalue weighted by Crippen LogP contribution is -2.14. The minimum absolute atomic E-state index is 0.144. The Morgan fingerprint density at radius 2 is 1.19 bits per heavy atom. The van der Waals surface area contributed by atoms with Gasteiger partial charge < -0.3 is 4.98 Å². The molecule has 358 valence electrons. The third-order valence-electron chi connectivity index (χ3n) is 15.2. The fourth-order valence-electron chi connectivity index (χ4n) is 11.4. The molecule has 2 aliphatic carbocycles. The van der Waals surface area contributed by atoms with Gasteiger partial charge in [-0.3, -0.25) is 9.12 Å². The van der Waals surface area contributed by atoms with E-state index in [4.69, 9.17) is 9.97 Å². The Balaban J connectivity index is 0.929. The summed E-state index contributed by atoms with van der Waals surface area (Å²) in [4.78, 5) is 13.7. The van der Waals surface area contributed by atoms with Crippen LogP contribution in [0.2, 0.25) is 0 Å². The molecule has 7 nitrogen and oxygen atoms in total. The van der Waals surface area contributed by atoms with Gasteiger partial charge in [-0.25, -0.2) is 9.97 Å². The first-order valence-electron chi connectivity index (χ1n) is 25.2. The maximum absolute atomic E-state index is 11.9. The van der Waals surface area contributed by atoms with Crippen LogP contribution in [0.4, 0.5) is 0 Å². The third kappa shape index (κ3) is 7.73. The molecular formula is C67H46N4O3S. The van der Waals surface area contributed by atoms with Crippen LogP contribution in [0.25, 0.3) is 122 Å². The quantitative estimate of drug-likeness (QED) is 0.117. The van der Waals surface area contributed by atoms with Crippen LogP contribution in [0.3, 0.4) is 0 Å². The second-order valence-corrected chi connectivity index (χ2v) is 21.1. The molecule has 2 heterocycles. The first-order chi connectivity index (χ1) is 36.7. The van der Waals surface area contributed by atoms with Crippen LogP contribution in [-0.2, 0) is 10.1 Å². The van der Waals surface area contributed by atoms with E-state index in [1.165, 1.54) is 66.7 Å². The van der Waals surface area contributed by atoms with Crippen molar-refractivity contribution in [3.63, 3.8) is 0 Å². The van der Waals surface area contributed by atoms with Crippen molar-refractivity contribution in [3.05, 3.63) is 248 Å². The predicted molar refractivity (Wildman–Crippen MR) is 307 cm³/mol. The number of allylic oxidation sites excluding steroid dienone is 8. The van der Waals surface area contributed by atoms with Gasteiger partial charge in [-0.15, -0.1) is 0 Å². The Kier molecular flexibility index (Phi) is 10.4.